The van der Waals surface area contributed by atoms with Crippen LogP contribution in [0.25, 0.3) is 0 Å². The second-order valence-corrected chi connectivity index (χ2v) is 4.15. The molecule has 0 fully saturated rings. The molecule has 1 aromatic rings. The van der Waals surface area contributed by atoms with Gasteiger partial charge in [-0.25, -0.2) is 9.59 Å². The minimum atomic E-state index is -1.08. The highest BCUT2D eigenvalue weighted by atomic mass is 16.5. The monoisotopic (exact) mass is 296 g/mol. The van der Waals surface area contributed by atoms with E-state index in [1.54, 1.807) is 0 Å². The zero-order valence-electron chi connectivity index (χ0n) is 12.1. The van der Waals surface area contributed by atoms with Gasteiger partial charge in [-0.1, -0.05) is 0 Å². The molecule has 0 aromatic heterocycles. The Hall–Kier alpha value is -2.28. The quantitative estimate of drug-likeness (QED) is 0.637. The molecule has 3 N–H and O–H groups in total. The fraction of sp³-hybridized carbons (Fsp3) is 0.429. The number of nitrogens with one attached hydrogen (secondary N) is 2. The molecule has 0 aliphatic carbocycles. The summed E-state index contributed by atoms with van der Waals surface area (Å²) in [6.07, 6.45) is 0.725. The van der Waals surface area contributed by atoms with Crippen LogP contribution < -0.4 is 15.4 Å². The number of hydrogen-bond acceptors (Lipinski definition) is 4. The molecule has 0 spiro atoms. The summed E-state index contributed by atoms with van der Waals surface area (Å²) >= 11 is 0. The van der Waals surface area contributed by atoms with E-state index < -0.39 is 5.97 Å². The number of benzene rings is 1. The van der Waals surface area contributed by atoms with Crippen LogP contribution in [0.5, 0.6) is 5.75 Å². The Kier molecular flexibility index (Phi) is 7.03. The summed E-state index contributed by atoms with van der Waals surface area (Å²) in [4.78, 5) is 22.6. The Balaban J connectivity index is 2.51. The van der Waals surface area contributed by atoms with E-state index >= 15 is 0 Å². The van der Waals surface area contributed by atoms with Crippen LogP contribution in [0.2, 0.25) is 0 Å². The molecule has 0 saturated heterocycles. The summed E-state index contributed by atoms with van der Waals surface area (Å²) in [5, 5.41) is 14.3. The topological polar surface area (TPSA) is 96.9 Å². The van der Waals surface area contributed by atoms with Crippen LogP contribution in [-0.2, 0) is 4.74 Å². The van der Waals surface area contributed by atoms with Crippen molar-refractivity contribution in [2.45, 2.75) is 13.3 Å². The predicted molar refractivity (Wildman–Crippen MR) is 78.1 cm³/mol. The third kappa shape index (κ3) is 5.70. The third-order valence-electron chi connectivity index (χ3n) is 2.64. The SMILES string of the molecule is CCOCCCNC(=O)Nc1ccc(C(=O)O)c(OC)c1. The zero-order valence-corrected chi connectivity index (χ0v) is 12.1. The molecular weight excluding hydrogens is 276 g/mol. The molecule has 21 heavy (non-hydrogen) atoms. The van der Waals surface area contributed by atoms with E-state index in [0.717, 1.165) is 6.42 Å². The molecule has 0 radical (unpaired) electrons. The lowest BCUT2D eigenvalue weighted by Crippen LogP contribution is -2.30. The highest BCUT2D eigenvalue weighted by molar-refractivity contribution is 5.94. The van der Waals surface area contributed by atoms with E-state index in [1.165, 1.54) is 25.3 Å². The second kappa shape index (κ2) is 8.80. The first-order valence-electron chi connectivity index (χ1n) is 6.62. The number of aromatic carboxylic acids is 1. The minimum absolute atomic E-state index is 0.0418. The number of urea groups is 1. The Morgan fingerprint density at radius 1 is 1.33 bits per heavy atom. The molecule has 1 aromatic carbocycles. The molecule has 2 amide bonds. The molecular formula is C14H20N2O5. The molecule has 0 saturated carbocycles. The van der Waals surface area contributed by atoms with Gasteiger partial charge >= 0.3 is 12.0 Å². The lowest BCUT2D eigenvalue weighted by molar-refractivity contribution is 0.0693. The number of carbonyl (C=O) groups excluding carboxylic acids is 1. The van der Waals surface area contributed by atoms with E-state index in [0.29, 0.717) is 25.4 Å². The molecule has 116 valence electrons. The smallest absolute Gasteiger partial charge is 0.339 e. The first-order valence-corrected chi connectivity index (χ1v) is 6.62. The lowest BCUT2D eigenvalue weighted by Gasteiger charge is -2.10. The van der Waals surface area contributed by atoms with Gasteiger partial charge < -0.3 is 25.2 Å². The Morgan fingerprint density at radius 3 is 2.71 bits per heavy atom. The largest absolute Gasteiger partial charge is 0.496 e. The number of carbonyl (C=O) groups is 2. The maximum atomic E-state index is 11.6. The molecule has 7 nitrogen and oxygen atoms in total. The number of carboxylic acids is 1. The van der Waals surface area contributed by atoms with Crippen molar-refractivity contribution in [2.75, 3.05) is 32.2 Å². The van der Waals surface area contributed by atoms with Crippen LogP contribution >= 0.6 is 0 Å². The van der Waals surface area contributed by atoms with Gasteiger partial charge in [0.1, 0.15) is 11.3 Å². The van der Waals surface area contributed by atoms with Crippen LogP contribution in [0.1, 0.15) is 23.7 Å². The van der Waals surface area contributed by atoms with E-state index in [2.05, 4.69) is 10.6 Å². The summed E-state index contributed by atoms with van der Waals surface area (Å²) in [7, 11) is 1.37. The van der Waals surface area contributed by atoms with Crippen LogP contribution in [0.15, 0.2) is 18.2 Å². The number of hydrogen-bond donors (Lipinski definition) is 3. The van der Waals surface area contributed by atoms with E-state index in [-0.39, 0.29) is 17.3 Å². The molecule has 0 aliphatic rings. The molecule has 0 bridgehead atoms. The molecule has 0 aliphatic heterocycles. The number of methoxy groups -OCH3 is 1. The highest BCUT2D eigenvalue weighted by Crippen LogP contribution is 2.23. The standard InChI is InChI=1S/C14H20N2O5/c1-3-21-8-4-7-15-14(19)16-10-5-6-11(13(17)18)12(9-10)20-2/h5-6,9H,3-4,7-8H2,1-2H3,(H,17,18)(H2,15,16,19). The van der Waals surface area contributed by atoms with Gasteiger partial charge in [-0.15, -0.1) is 0 Å². The Labute approximate surface area is 123 Å². The highest BCUT2D eigenvalue weighted by Gasteiger charge is 2.12. The van der Waals surface area contributed by atoms with Crippen molar-refractivity contribution in [2.24, 2.45) is 0 Å². The van der Waals surface area contributed by atoms with Crippen molar-refractivity contribution in [3.05, 3.63) is 23.8 Å². The Bertz CT molecular complexity index is 490. The molecule has 0 heterocycles. The summed E-state index contributed by atoms with van der Waals surface area (Å²) in [5.74, 6) is -0.893. The van der Waals surface area contributed by atoms with Gasteiger partial charge in [0.2, 0.25) is 0 Å². The fourth-order valence-corrected chi connectivity index (χ4v) is 1.64. The lowest BCUT2D eigenvalue weighted by atomic mass is 10.2. The van der Waals surface area contributed by atoms with Crippen molar-refractivity contribution < 1.29 is 24.2 Å². The van der Waals surface area contributed by atoms with Crippen LogP contribution in [0.4, 0.5) is 10.5 Å². The maximum absolute atomic E-state index is 11.6. The van der Waals surface area contributed by atoms with Gasteiger partial charge in [-0.3, -0.25) is 0 Å². The average molecular weight is 296 g/mol. The summed E-state index contributed by atoms with van der Waals surface area (Å²) in [6, 6.07) is 3.98. The molecule has 7 heteroatoms. The predicted octanol–water partition coefficient (Wildman–Crippen LogP) is 1.94. The van der Waals surface area contributed by atoms with Crippen molar-refractivity contribution >= 4 is 17.7 Å². The number of carboxylic acid groups (broad SMARTS) is 1. The normalized spacial score (nSPS) is 10.0. The number of amides is 2. The van der Waals surface area contributed by atoms with Crippen LogP contribution in [0.3, 0.4) is 0 Å². The van der Waals surface area contributed by atoms with Gasteiger partial charge in [0.15, 0.2) is 0 Å². The van der Waals surface area contributed by atoms with Gasteiger partial charge in [-0.05, 0) is 25.5 Å². The van der Waals surface area contributed by atoms with E-state index in [9.17, 15) is 9.59 Å². The van der Waals surface area contributed by atoms with Crippen molar-refractivity contribution in [1.82, 2.24) is 5.32 Å². The number of ether oxygens (including phenoxy) is 2. The summed E-state index contributed by atoms with van der Waals surface area (Å²) in [6.45, 7) is 3.66. The van der Waals surface area contributed by atoms with Gasteiger partial charge in [0, 0.05) is 31.5 Å². The summed E-state index contributed by atoms with van der Waals surface area (Å²) < 4.78 is 10.1. The maximum Gasteiger partial charge on any atom is 0.339 e. The van der Waals surface area contributed by atoms with Crippen molar-refractivity contribution in [1.29, 1.82) is 0 Å². The number of anilines is 1. The average Bonchev–Trinajstić information content (AvgIpc) is 2.46. The van der Waals surface area contributed by atoms with Crippen molar-refractivity contribution in [3.8, 4) is 5.75 Å². The van der Waals surface area contributed by atoms with Crippen LogP contribution in [-0.4, -0.2) is 44.0 Å². The minimum Gasteiger partial charge on any atom is -0.496 e. The van der Waals surface area contributed by atoms with Gasteiger partial charge in [0.05, 0.1) is 7.11 Å². The zero-order chi connectivity index (χ0) is 15.7. The molecule has 0 unspecified atom stereocenters. The molecule has 0 atom stereocenters. The first-order chi connectivity index (χ1) is 10.1. The van der Waals surface area contributed by atoms with Gasteiger partial charge in [0.25, 0.3) is 0 Å². The fourth-order valence-electron chi connectivity index (χ4n) is 1.64. The molecule has 1 rings (SSSR count). The van der Waals surface area contributed by atoms with E-state index in [1.807, 2.05) is 6.92 Å². The Morgan fingerprint density at radius 2 is 2.10 bits per heavy atom. The first kappa shape index (κ1) is 16.8. The van der Waals surface area contributed by atoms with Gasteiger partial charge in [-0.2, -0.15) is 0 Å². The number of rotatable bonds is 8. The van der Waals surface area contributed by atoms with E-state index in [4.69, 9.17) is 14.6 Å². The second-order valence-electron chi connectivity index (χ2n) is 4.15. The third-order valence-corrected chi connectivity index (χ3v) is 2.64. The van der Waals surface area contributed by atoms with Crippen LogP contribution in [0, 0.1) is 0 Å². The summed E-state index contributed by atoms with van der Waals surface area (Å²) in [5.41, 5.74) is 0.499. The van der Waals surface area contributed by atoms with Crippen molar-refractivity contribution in [3.63, 3.8) is 0 Å².